The topological polar surface area (TPSA) is 97.5 Å². The first-order valence-corrected chi connectivity index (χ1v) is 13.6. The van der Waals surface area contributed by atoms with Crippen LogP contribution in [0.25, 0.3) is 10.9 Å². The molecule has 7 heteroatoms. The normalized spacial score (nSPS) is 26.2. The molecule has 1 atom stereocenters. The SMILES string of the molecule is COc1ccc(C(=O)COC(=O)[C@H](Cc2c[nH]c3ccccc23)NC(=O)C23CC4CC(CC(C4)C2)C3)cc1. The van der Waals surface area contributed by atoms with Gasteiger partial charge in [-0.15, -0.1) is 0 Å². The summed E-state index contributed by atoms with van der Waals surface area (Å²) in [5.74, 6) is 1.58. The zero-order valence-corrected chi connectivity index (χ0v) is 21.7. The first kappa shape index (κ1) is 24.7. The van der Waals surface area contributed by atoms with Crippen LogP contribution in [0.4, 0.5) is 0 Å². The number of carbonyl (C=O) groups is 3. The molecule has 4 aliphatic carbocycles. The van der Waals surface area contributed by atoms with Crippen LogP contribution in [0.2, 0.25) is 0 Å². The Labute approximate surface area is 222 Å². The van der Waals surface area contributed by atoms with Crippen LogP contribution in [-0.4, -0.2) is 42.4 Å². The summed E-state index contributed by atoms with van der Waals surface area (Å²) in [5, 5.41) is 4.10. The molecule has 4 saturated carbocycles. The molecule has 3 aromatic rings. The number of H-pyrrole nitrogens is 1. The van der Waals surface area contributed by atoms with Crippen LogP contribution in [0.1, 0.15) is 54.4 Å². The predicted octanol–water partition coefficient (Wildman–Crippen LogP) is 4.85. The number of benzene rings is 2. The number of ketones is 1. The maximum Gasteiger partial charge on any atom is 0.329 e. The summed E-state index contributed by atoms with van der Waals surface area (Å²) in [6.45, 7) is -0.386. The number of nitrogens with one attached hydrogen (secondary N) is 2. The summed E-state index contributed by atoms with van der Waals surface area (Å²) in [6, 6.07) is 13.7. The van der Waals surface area contributed by atoms with Gasteiger partial charge >= 0.3 is 5.97 Å². The summed E-state index contributed by atoms with van der Waals surface area (Å²) in [6.07, 6.45) is 8.62. The zero-order chi connectivity index (χ0) is 26.3. The van der Waals surface area contributed by atoms with Crippen molar-refractivity contribution in [1.29, 1.82) is 0 Å². The molecule has 4 fully saturated rings. The number of para-hydroxylation sites is 1. The maximum absolute atomic E-state index is 13.8. The molecule has 7 nitrogen and oxygen atoms in total. The van der Waals surface area contributed by atoms with E-state index in [4.69, 9.17) is 9.47 Å². The van der Waals surface area contributed by atoms with Crippen LogP contribution < -0.4 is 10.1 Å². The van der Waals surface area contributed by atoms with Gasteiger partial charge in [0.25, 0.3) is 0 Å². The van der Waals surface area contributed by atoms with Gasteiger partial charge in [0.05, 0.1) is 7.11 Å². The highest BCUT2D eigenvalue weighted by molar-refractivity contribution is 5.98. The average Bonchev–Trinajstić information content (AvgIpc) is 3.33. The van der Waals surface area contributed by atoms with E-state index in [1.807, 2.05) is 30.5 Å². The number of hydrogen-bond donors (Lipinski definition) is 2. The second-order valence-electron chi connectivity index (χ2n) is 11.5. The molecule has 198 valence electrons. The second-order valence-corrected chi connectivity index (χ2v) is 11.5. The lowest BCUT2D eigenvalue weighted by atomic mass is 9.49. The molecule has 7 rings (SSSR count). The number of hydrogen-bond acceptors (Lipinski definition) is 5. The van der Waals surface area contributed by atoms with Gasteiger partial charge in [-0.25, -0.2) is 4.79 Å². The molecule has 1 heterocycles. The standard InChI is InChI=1S/C31H34N2O5/c1-37-24-8-6-22(7-9-24)28(34)18-38-29(35)27(13-23-17-32-26-5-3-2-4-25(23)26)33-30(36)31-14-19-10-20(15-31)12-21(11-19)16-31/h2-9,17,19-21,27,32H,10-16,18H2,1H3,(H,33,36)/t19?,20?,21?,27-,31?/m0/s1. The summed E-state index contributed by atoms with van der Waals surface area (Å²) in [4.78, 5) is 43.2. The smallest absolute Gasteiger partial charge is 0.329 e. The van der Waals surface area contributed by atoms with E-state index >= 15 is 0 Å². The van der Waals surface area contributed by atoms with Gasteiger partial charge < -0.3 is 19.8 Å². The quantitative estimate of drug-likeness (QED) is 0.314. The predicted molar refractivity (Wildman–Crippen MR) is 143 cm³/mol. The largest absolute Gasteiger partial charge is 0.497 e. The lowest BCUT2D eigenvalue weighted by Crippen LogP contribution is -2.56. The third-order valence-electron chi connectivity index (χ3n) is 8.97. The summed E-state index contributed by atoms with van der Waals surface area (Å²) in [7, 11) is 1.56. The van der Waals surface area contributed by atoms with Crippen LogP contribution in [-0.2, 0) is 20.7 Å². The monoisotopic (exact) mass is 514 g/mol. The van der Waals surface area contributed by atoms with Crippen molar-refractivity contribution in [1.82, 2.24) is 10.3 Å². The van der Waals surface area contributed by atoms with Crippen LogP contribution in [0, 0.1) is 23.2 Å². The zero-order valence-electron chi connectivity index (χ0n) is 21.7. The minimum Gasteiger partial charge on any atom is -0.497 e. The molecule has 0 aliphatic heterocycles. The number of aromatic nitrogens is 1. The van der Waals surface area contributed by atoms with Gasteiger partial charge in [0.1, 0.15) is 11.8 Å². The summed E-state index contributed by atoms with van der Waals surface area (Å²) < 4.78 is 10.7. The molecule has 0 radical (unpaired) electrons. The van der Waals surface area contributed by atoms with Gasteiger partial charge in [0.15, 0.2) is 12.4 Å². The van der Waals surface area contributed by atoms with Crippen molar-refractivity contribution in [3.8, 4) is 5.75 Å². The number of fused-ring (bicyclic) bond motifs is 1. The number of methoxy groups -OCH3 is 1. The average molecular weight is 515 g/mol. The molecule has 0 spiro atoms. The van der Waals surface area contributed by atoms with E-state index in [1.54, 1.807) is 31.4 Å². The minimum absolute atomic E-state index is 0.0279. The lowest BCUT2D eigenvalue weighted by Gasteiger charge is -2.55. The Balaban J connectivity index is 1.19. The Morgan fingerprint density at radius 2 is 1.63 bits per heavy atom. The van der Waals surface area contributed by atoms with Gasteiger partial charge in [0, 0.05) is 34.5 Å². The third-order valence-corrected chi connectivity index (χ3v) is 8.97. The van der Waals surface area contributed by atoms with Crippen molar-refractivity contribution in [3.05, 3.63) is 65.9 Å². The number of aromatic amines is 1. The molecule has 0 unspecified atom stereocenters. The molecule has 4 bridgehead atoms. The maximum atomic E-state index is 13.8. The second kappa shape index (κ2) is 9.93. The van der Waals surface area contributed by atoms with E-state index < -0.39 is 12.0 Å². The van der Waals surface area contributed by atoms with E-state index in [0.29, 0.717) is 29.1 Å². The molecule has 0 saturated heterocycles. The number of carbonyl (C=O) groups excluding carboxylic acids is 3. The number of amides is 1. The first-order chi connectivity index (χ1) is 18.4. The van der Waals surface area contributed by atoms with E-state index in [0.717, 1.165) is 35.7 Å². The molecule has 1 aromatic heterocycles. The Morgan fingerprint density at radius 3 is 2.29 bits per heavy atom. The number of ether oxygens (including phenoxy) is 2. The molecule has 4 aliphatic rings. The van der Waals surface area contributed by atoms with E-state index in [1.165, 1.54) is 19.3 Å². The van der Waals surface area contributed by atoms with Crippen LogP contribution >= 0.6 is 0 Å². The fourth-order valence-corrected chi connectivity index (χ4v) is 7.51. The Hall–Kier alpha value is -3.61. The highest BCUT2D eigenvalue weighted by Gasteiger charge is 2.55. The van der Waals surface area contributed by atoms with E-state index in [9.17, 15) is 14.4 Å². The number of esters is 1. The third kappa shape index (κ3) is 4.70. The molecule has 1 amide bonds. The van der Waals surface area contributed by atoms with Crippen molar-refractivity contribution in [3.63, 3.8) is 0 Å². The first-order valence-electron chi connectivity index (χ1n) is 13.6. The van der Waals surface area contributed by atoms with Crippen LogP contribution in [0.3, 0.4) is 0 Å². The lowest BCUT2D eigenvalue weighted by molar-refractivity contribution is -0.153. The fourth-order valence-electron chi connectivity index (χ4n) is 7.51. The molecule has 2 N–H and O–H groups in total. The van der Waals surface area contributed by atoms with Crippen LogP contribution in [0.15, 0.2) is 54.7 Å². The summed E-state index contributed by atoms with van der Waals surface area (Å²) >= 11 is 0. The number of rotatable bonds is 9. The van der Waals surface area contributed by atoms with Crippen molar-refractivity contribution in [2.45, 2.75) is 51.0 Å². The Bertz CT molecular complexity index is 1320. The molecule has 38 heavy (non-hydrogen) atoms. The minimum atomic E-state index is -0.877. The van der Waals surface area contributed by atoms with Gasteiger partial charge in [0.2, 0.25) is 5.91 Å². The van der Waals surface area contributed by atoms with Gasteiger partial charge in [-0.2, -0.15) is 0 Å². The van der Waals surface area contributed by atoms with Crippen molar-refractivity contribution >= 4 is 28.6 Å². The fraction of sp³-hybridized carbons (Fsp3) is 0.452. The van der Waals surface area contributed by atoms with E-state index in [2.05, 4.69) is 10.3 Å². The van der Waals surface area contributed by atoms with Gasteiger partial charge in [-0.3, -0.25) is 9.59 Å². The molecule has 2 aromatic carbocycles. The van der Waals surface area contributed by atoms with Gasteiger partial charge in [-0.05, 0) is 92.2 Å². The summed E-state index contributed by atoms with van der Waals surface area (Å²) in [5.41, 5.74) is 1.95. The van der Waals surface area contributed by atoms with Crippen molar-refractivity contribution in [2.75, 3.05) is 13.7 Å². The highest BCUT2D eigenvalue weighted by Crippen LogP contribution is 2.60. The van der Waals surface area contributed by atoms with Crippen molar-refractivity contribution in [2.24, 2.45) is 23.2 Å². The van der Waals surface area contributed by atoms with Gasteiger partial charge in [-0.1, -0.05) is 18.2 Å². The Morgan fingerprint density at radius 1 is 0.974 bits per heavy atom. The van der Waals surface area contributed by atoms with Crippen molar-refractivity contribution < 1.29 is 23.9 Å². The van der Waals surface area contributed by atoms with Crippen LogP contribution in [0.5, 0.6) is 5.75 Å². The Kier molecular flexibility index (Phi) is 6.46. The molecular weight excluding hydrogens is 480 g/mol. The highest BCUT2D eigenvalue weighted by atomic mass is 16.5. The number of Topliss-reactive ketones (excluding diaryl/α,β-unsaturated/α-hetero) is 1. The molecular formula is C31H34N2O5. The van der Waals surface area contributed by atoms with E-state index in [-0.39, 0.29) is 30.1 Å².